The third-order valence-corrected chi connectivity index (χ3v) is 2.14. The molecule has 0 bridgehead atoms. The van der Waals surface area contributed by atoms with Gasteiger partial charge in [0.15, 0.2) is 0 Å². The van der Waals surface area contributed by atoms with Crippen LogP contribution in [0.1, 0.15) is 0 Å². The van der Waals surface area contributed by atoms with Crippen molar-refractivity contribution in [2.75, 3.05) is 30.8 Å². The van der Waals surface area contributed by atoms with E-state index in [1.165, 1.54) is 0 Å². The highest BCUT2D eigenvalue weighted by molar-refractivity contribution is 5.37. The molecular weight excluding hydrogens is 222 g/mol. The molecule has 2 aromatic heterocycles. The highest BCUT2D eigenvalue weighted by atomic mass is 16.3. The summed E-state index contributed by atoms with van der Waals surface area (Å²) in [5.74, 6) is 0.938. The second kappa shape index (κ2) is 4.74. The van der Waals surface area contributed by atoms with Crippen molar-refractivity contribution in [3.63, 3.8) is 0 Å². The van der Waals surface area contributed by atoms with Gasteiger partial charge in [-0.1, -0.05) is 0 Å². The molecule has 8 heteroatoms. The quantitative estimate of drug-likeness (QED) is 0.705. The lowest BCUT2D eigenvalue weighted by Crippen LogP contribution is -2.24. The topological polar surface area (TPSA) is 106 Å². The Morgan fingerprint density at radius 3 is 2.88 bits per heavy atom. The fourth-order valence-electron chi connectivity index (χ4n) is 1.28. The number of aromatic nitrogens is 5. The first-order valence-corrected chi connectivity index (χ1v) is 5.02. The molecule has 2 rings (SSSR count). The van der Waals surface area contributed by atoms with Gasteiger partial charge in [-0.15, -0.1) is 0 Å². The van der Waals surface area contributed by atoms with Crippen molar-refractivity contribution >= 4 is 11.9 Å². The first-order valence-electron chi connectivity index (χ1n) is 5.02. The number of nitrogens with two attached hydrogens (primary N) is 1. The Hall–Kier alpha value is -2.22. The maximum atomic E-state index is 8.86. The normalized spacial score (nSPS) is 10.5. The summed E-state index contributed by atoms with van der Waals surface area (Å²) in [4.78, 5) is 17.8. The van der Waals surface area contributed by atoms with Gasteiger partial charge in [-0.3, -0.25) is 4.57 Å². The van der Waals surface area contributed by atoms with Crippen molar-refractivity contribution in [1.29, 1.82) is 0 Å². The molecule has 0 unspecified atom stereocenters. The Kier molecular flexibility index (Phi) is 3.15. The van der Waals surface area contributed by atoms with E-state index in [0.29, 0.717) is 18.4 Å². The van der Waals surface area contributed by atoms with Crippen molar-refractivity contribution in [3.05, 3.63) is 18.7 Å². The Bertz CT molecular complexity index is 484. The average molecular weight is 235 g/mol. The molecule has 0 aliphatic heterocycles. The van der Waals surface area contributed by atoms with Crippen molar-refractivity contribution in [1.82, 2.24) is 24.5 Å². The number of aliphatic hydroxyl groups excluding tert-OH is 1. The van der Waals surface area contributed by atoms with E-state index in [2.05, 4.69) is 19.9 Å². The predicted octanol–water partition coefficient (Wildman–Crippen LogP) is -0.932. The molecule has 0 saturated heterocycles. The zero-order valence-electron chi connectivity index (χ0n) is 9.35. The maximum Gasteiger partial charge on any atom is 0.241 e. The molecular formula is C9H13N7O. The molecule has 0 aliphatic carbocycles. The minimum atomic E-state index is 0.0164. The maximum absolute atomic E-state index is 8.86. The molecule has 17 heavy (non-hydrogen) atoms. The van der Waals surface area contributed by atoms with Crippen molar-refractivity contribution in [3.8, 4) is 5.95 Å². The molecule has 0 saturated carbocycles. The molecule has 0 atom stereocenters. The van der Waals surface area contributed by atoms with Gasteiger partial charge in [-0.05, 0) is 0 Å². The SMILES string of the molecule is CN(CCO)c1nc(N)nc(-n2ccnc2)n1. The minimum absolute atomic E-state index is 0.0164. The van der Waals surface area contributed by atoms with Gasteiger partial charge in [-0.2, -0.15) is 15.0 Å². The van der Waals surface area contributed by atoms with E-state index in [1.54, 1.807) is 35.2 Å². The zero-order chi connectivity index (χ0) is 12.3. The van der Waals surface area contributed by atoms with E-state index in [0.717, 1.165) is 0 Å². The van der Waals surface area contributed by atoms with E-state index < -0.39 is 0 Å². The summed E-state index contributed by atoms with van der Waals surface area (Å²) in [5, 5.41) is 8.86. The molecule has 0 aliphatic rings. The Morgan fingerprint density at radius 1 is 1.41 bits per heavy atom. The summed E-state index contributed by atoms with van der Waals surface area (Å²) in [6, 6.07) is 0. The number of imidazole rings is 1. The van der Waals surface area contributed by atoms with Crippen LogP contribution in [-0.2, 0) is 0 Å². The predicted molar refractivity (Wildman–Crippen MR) is 61.7 cm³/mol. The van der Waals surface area contributed by atoms with E-state index in [1.807, 2.05) is 0 Å². The molecule has 2 heterocycles. The third kappa shape index (κ3) is 2.48. The Labute approximate surface area is 97.8 Å². The van der Waals surface area contributed by atoms with Gasteiger partial charge in [-0.25, -0.2) is 4.98 Å². The van der Waals surface area contributed by atoms with Gasteiger partial charge in [0.1, 0.15) is 6.33 Å². The number of likely N-dealkylation sites (N-methyl/N-ethyl adjacent to an activating group) is 1. The molecule has 0 radical (unpaired) electrons. The lowest BCUT2D eigenvalue weighted by atomic mass is 10.6. The van der Waals surface area contributed by atoms with Crippen molar-refractivity contribution in [2.45, 2.75) is 0 Å². The van der Waals surface area contributed by atoms with Crippen LogP contribution in [0.25, 0.3) is 5.95 Å². The molecule has 3 N–H and O–H groups in total. The van der Waals surface area contributed by atoms with Crippen molar-refractivity contribution in [2.24, 2.45) is 0 Å². The van der Waals surface area contributed by atoms with Crippen LogP contribution in [0.4, 0.5) is 11.9 Å². The minimum Gasteiger partial charge on any atom is -0.395 e. The molecule has 0 fully saturated rings. The monoisotopic (exact) mass is 235 g/mol. The lowest BCUT2D eigenvalue weighted by Gasteiger charge is -2.15. The highest BCUT2D eigenvalue weighted by Crippen LogP contribution is 2.09. The summed E-state index contributed by atoms with van der Waals surface area (Å²) >= 11 is 0. The van der Waals surface area contributed by atoms with E-state index in [4.69, 9.17) is 10.8 Å². The fraction of sp³-hybridized carbons (Fsp3) is 0.333. The summed E-state index contributed by atoms with van der Waals surface area (Å²) in [5.41, 5.74) is 5.61. The lowest BCUT2D eigenvalue weighted by molar-refractivity contribution is 0.303. The zero-order valence-corrected chi connectivity index (χ0v) is 9.35. The second-order valence-corrected chi connectivity index (χ2v) is 3.41. The first-order chi connectivity index (χ1) is 8.20. The number of aliphatic hydroxyl groups is 1. The summed E-state index contributed by atoms with van der Waals surface area (Å²) < 4.78 is 1.63. The van der Waals surface area contributed by atoms with Gasteiger partial charge in [0.25, 0.3) is 0 Å². The average Bonchev–Trinajstić information content (AvgIpc) is 2.82. The van der Waals surface area contributed by atoms with Crippen LogP contribution < -0.4 is 10.6 Å². The van der Waals surface area contributed by atoms with E-state index >= 15 is 0 Å². The van der Waals surface area contributed by atoms with Crippen LogP contribution in [0.3, 0.4) is 0 Å². The number of anilines is 2. The van der Waals surface area contributed by atoms with Crippen LogP contribution in [-0.4, -0.2) is 49.8 Å². The number of rotatable bonds is 4. The molecule has 0 aromatic carbocycles. The molecule has 90 valence electrons. The smallest absolute Gasteiger partial charge is 0.241 e. The molecule has 2 aromatic rings. The van der Waals surface area contributed by atoms with Crippen LogP contribution in [0.15, 0.2) is 18.7 Å². The van der Waals surface area contributed by atoms with Gasteiger partial charge in [0.05, 0.1) is 6.61 Å². The van der Waals surface area contributed by atoms with Gasteiger partial charge >= 0.3 is 0 Å². The number of nitrogens with zero attached hydrogens (tertiary/aromatic N) is 6. The van der Waals surface area contributed by atoms with Crippen LogP contribution in [0, 0.1) is 0 Å². The van der Waals surface area contributed by atoms with Gasteiger partial charge in [0.2, 0.25) is 17.8 Å². The number of hydrogen-bond donors (Lipinski definition) is 2. The molecule has 0 amide bonds. The first kappa shape index (κ1) is 11.3. The van der Waals surface area contributed by atoms with E-state index in [9.17, 15) is 0 Å². The Balaban J connectivity index is 2.36. The molecule has 8 nitrogen and oxygen atoms in total. The standard InChI is InChI=1S/C9H13N7O/c1-15(4-5-17)8-12-7(10)13-9(14-8)16-3-2-11-6-16/h2-3,6,17H,4-5H2,1H3,(H2,10,12,13,14). The molecule has 0 spiro atoms. The van der Waals surface area contributed by atoms with Gasteiger partial charge in [0, 0.05) is 26.0 Å². The van der Waals surface area contributed by atoms with Crippen LogP contribution in [0.5, 0.6) is 0 Å². The fourth-order valence-corrected chi connectivity index (χ4v) is 1.28. The summed E-state index contributed by atoms with van der Waals surface area (Å²) in [6.07, 6.45) is 4.91. The largest absolute Gasteiger partial charge is 0.395 e. The summed E-state index contributed by atoms with van der Waals surface area (Å²) in [6.45, 7) is 0.440. The number of hydrogen-bond acceptors (Lipinski definition) is 7. The van der Waals surface area contributed by atoms with Crippen LogP contribution >= 0.6 is 0 Å². The third-order valence-electron chi connectivity index (χ3n) is 2.14. The van der Waals surface area contributed by atoms with E-state index in [-0.39, 0.29) is 12.6 Å². The Morgan fingerprint density at radius 2 is 2.24 bits per heavy atom. The second-order valence-electron chi connectivity index (χ2n) is 3.41. The van der Waals surface area contributed by atoms with Crippen molar-refractivity contribution < 1.29 is 5.11 Å². The summed E-state index contributed by atoms with van der Waals surface area (Å²) in [7, 11) is 1.77. The number of nitrogen functional groups attached to an aromatic ring is 1. The van der Waals surface area contributed by atoms with Crippen LogP contribution in [0.2, 0.25) is 0 Å². The van der Waals surface area contributed by atoms with Gasteiger partial charge < -0.3 is 15.7 Å². The highest BCUT2D eigenvalue weighted by Gasteiger charge is 2.09.